The first-order valence-corrected chi connectivity index (χ1v) is 5.93. The predicted molar refractivity (Wildman–Crippen MR) is 63.1 cm³/mol. The van der Waals surface area contributed by atoms with Gasteiger partial charge in [0.25, 0.3) is 0 Å². The summed E-state index contributed by atoms with van der Waals surface area (Å²) < 4.78 is 0. The van der Waals surface area contributed by atoms with Crippen LogP contribution in [0.5, 0.6) is 0 Å². The summed E-state index contributed by atoms with van der Waals surface area (Å²) in [5, 5.41) is 19.0. The van der Waals surface area contributed by atoms with E-state index in [1.807, 2.05) is 6.07 Å². The Hall–Kier alpha value is -1.66. The molecule has 0 aromatic heterocycles. The number of carbonyl (C=O) groups excluding carboxylic acids is 1. The van der Waals surface area contributed by atoms with Crippen molar-refractivity contribution < 1.29 is 9.90 Å². The van der Waals surface area contributed by atoms with Gasteiger partial charge in [-0.1, -0.05) is 18.6 Å². The number of carbonyl (C=O) groups is 1. The van der Waals surface area contributed by atoms with Crippen molar-refractivity contribution in [3.63, 3.8) is 0 Å². The number of Topliss-reactive ketones (excluding diaryl/α,β-unsaturated/α-hetero) is 1. The van der Waals surface area contributed by atoms with Gasteiger partial charge in [0.1, 0.15) is 5.78 Å². The quantitative estimate of drug-likeness (QED) is 0.846. The largest absolute Gasteiger partial charge is 0.388 e. The number of nitriles is 1. The van der Waals surface area contributed by atoms with Gasteiger partial charge in [-0.25, -0.2) is 0 Å². The third-order valence-corrected chi connectivity index (χ3v) is 3.34. The van der Waals surface area contributed by atoms with E-state index in [1.165, 1.54) is 0 Å². The van der Waals surface area contributed by atoms with Crippen molar-refractivity contribution in [2.45, 2.75) is 31.8 Å². The van der Waals surface area contributed by atoms with Crippen LogP contribution in [0.4, 0.5) is 0 Å². The average molecular weight is 229 g/mol. The molecular weight excluding hydrogens is 214 g/mol. The predicted octanol–water partition coefficient (Wildman–Crippen LogP) is 2.35. The number of hydrogen-bond donors (Lipinski definition) is 1. The topological polar surface area (TPSA) is 61.1 Å². The summed E-state index contributed by atoms with van der Waals surface area (Å²) in [6, 6.07) is 8.90. The SMILES string of the molecule is N#Cc1cccc([C@@H](O)[C@H]2CCCCC2=O)c1. The fraction of sp³-hybridized carbons (Fsp3) is 0.429. The van der Waals surface area contributed by atoms with Crippen molar-refractivity contribution >= 4 is 5.78 Å². The van der Waals surface area contributed by atoms with Gasteiger partial charge in [-0.05, 0) is 30.5 Å². The van der Waals surface area contributed by atoms with E-state index >= 15 is 0 Å². The molecule has 17 heavy (non-hydrogen) atoms. The molecule has 0 unspecified atom stereocenters. The molecule has 3 heteroatoms. The molecule has 2 atom stereocenters. The van der Waals surface area contributed by atoms with Crippen LogP contribution in [0, 0.1) is 17.2 Å². The van der Waals surface area contributed by atoms with Gasteiger partial charge < -0.3 is 5.11 Å². The maximum absolute atomic E-state index is 11.7. The van der Waals surface area contributed by atoms with Crippen molar-refractivity contribution in [1.82, 2.24) is 0 Å². The van der Waals surface area contributed by atoms with Gasteiger partial charge in [-0.2, -0.15) is 5.26 Å². The molecule has 88 valence electrons. The van der Waals surface area contributed by atoms with Gasteiger partial charge in [0.05, 0.1) is 17.7 Å². The first-order chi connectivity index (χ1) is 8.22. The van der Waals surface area contributed by atoms with E-state index in [0.717, 1.165) is 19.3 Å². The molecule has 2 rings (SSSR count). The highest BCUT2D eigenvalue weighted by Crippen LogP contribution is 2.32. The van der Waals surface area contributed by atoms with Crippen molar-refractivity contribution in [2.75, 3.05) is 0 Å². The number of aliphatic hydroxyl groups excluding tert-OH is 1. The van der Waals surface area contributed by atoms with Crippen molar-refractivity contribution in [2.24, 2.45) is 5.92 Å². The van der Waals surface area contributed by atoms with Crippen LogP contribution in [0.25, 0.3) is 0 Å². The van der Waals surface area contributed by atoms with Crippen LogP contribution in [-0.2, 0) is 4.79 Å². The third-order valence-electron chi connectivity index (χ3n) is 3.34. The van der Waals surface area contributed by atoms with Gasteiger partial charge in [-0.3, -0.25) is 4.79 Å². The number of aliphatic hydroxyl groups is 1. The molecule has 0 amide bonds. The number of hydrogen-bond acceptors (Lipinski definition) is 3. The van der Waals surface area contributed by atoms with E-state index in [-0.39, 0.29) is 11.7 Å². The smallest absolute Gasteiger partial charge is 0.138 e. The van der Waals surface area contributed by atoms with Crippen molar-refractivity contribution in [3.05, 3.63) is 35.4 Å². The molecule has 0 spiro atoms. The first-order valence-electron chi connectivity index (χ1n) is 5.93. The second-order valence-corrected chi connectivity index (χ2v) is 4.50. The normalized spacial score (nSPS) is 21.9. The van der Waals surface area contributed by atoms with Gasteiger partial charge in [0, 0.05) is 12.3 Å². The fourth-order valence-corrected chi connectivity index (χ4v) is 2.37. The summed E-state index contributed by atoms with van der Waals surface area (Å²) in [5.74, 6) is -0.149. The molecule has 1 aromatic carbocycles. The lowest BCUT2D eigenvalue weighted by atomic mass is 9.81. The van der Waals surface area contributed by atoms with E-state index < -0.39 is 6.10 Å². The second kappa shape index (κ2) is 5.11. The van der Waals surface area contributed by atoms with Gasteiger partial charge in [0.15, 0.2) is 0 Å². The first kappa shape index (κ1) is 11.8. The van der Waals surface area contributed by atoms with Crippen molar-refractivity contribution in [3.8, 4) is 6.07 Å². The van der Waals surface area contributed by atoms with E-state index in [4.69, 9.17) is 5.26 Å². The van der Waals surface area contributed by atoms with Crippen LogP contribution in [0.15, 0.2) is 24.3 Å². The van der Waals surface area contributed by atoms with E-state index in [1.54, 1.807) is 24.3 Å². The molecule has 1 fully saturated rings. The molecule has 3 nitrogen and oxygen atoms in total. The lowest BCUT2D eigenvalue weighted by molar-refractivity contribution is -0.128. The fourth-order valence-electron chi connectivity index (χ4n) is 2.37. The Labute approximate surface area is 101 Å². The summed E-state index contributed by atoms with van der Waals surface area (Å²) in [7, 11) is 0. The van der Waals surface area contributed by atoms with Crippen LogP contribution in [-0.4, -0.2) is 10.9 Å². The Balaban J connectivity index is 2.21. The molecule has 1 N–H and O–H groups in total. The van der Waals surface area contributed by atoms with E-state index in [2.05, 4.69) is 0 Å². The summed E-state index contributed by atoms with van der Waals surface area (Å²) in [5.41, 5.74) is 1.19. The lowest BCUT2D eigenvalue weighted by Crippen LogP contribution is -2.25. The van der Waals surface area contributed by atoms with Crippen LogP contribution in [0.3, 0.4) is 0 Å². The Bertz CT molecular complexity index is 462. The zero-order valence-corrected chi connectivity index (χ0v) is 9.60. The molecule has 0 aliphatic heterocycles. The highest BCUT2D eigenvalue weighted by molar-refractivity contribution is 5.82. The number of ketones is 1. The molecule has 0 radical (unpaired) electrons. The molecule has 1 saturated carbocycles. The minimum Gasteiger partial charge on any atom is -0.388 e. The summed E-state index contributed by atoms with van der Waals surface area (Å²) in [6.45, 7) is 0. The second-order valence-electron chi connectivity index (χ2n) is 4.50. The zero-order valence-electron chi connectivity index (χ0n) is 9.60. The molecule has 0 bridgehead atoms. The molecule has 1 aliphatic carbocycles. The van der Waals surface area contributed by atoms with E-state index in [0.29, 0.717) is 17.5 Å². The van der Waals surface area contributed by atoms with Gasteiger partial charge in [0.2, 0.25) is 0 Å². The maximum atomic E-state index is 11.7. The van der Waals surface area contributed by atoms with Crippen molar-refractivity contribution in [1.29, 1.82) is 5.26 Å². The lowest BCUT2D eigenvalue weighted by Gasteiger charge is -2.25. The Morgan fingerprint density at radius 3 is 2.94 bits per heavy atom. The van der Waals surface area contributed by atoms with Gasteiger partial charge >= 0.3 is 0 Å². The Kier molecular flexibility index (Phi) is 3.55. The molecule has 0 saturated heterocycles. The Morgan fingerprint density at radius 1 is 1.41 bits per heavy atom. The summed E-state index contributed by atoms with van der Waals surface area (Å²) in [4.78, 5) is 11.7. The van der Waals surface area contributed by atoms with Crippen LogP contribution in [0.1, 0.15) is 42.9 Å². The summed E-state index contributed by atoms with van der Waals surface area (Å²) >= 11 is 0. The monoisotopic (exact) mass is 229 g/mol. The van der Waals surface area contributed by atoms with Crippen LogP contribution >= 0.6 is 0 Å². The molecule has 1 aliphatic rings. The van der Waals surface area contributed by atoms with E-state index in [9.17, 15) is 9.90 Å². The maximum Gasteiger partial charge on any atom is 0.138 e. The minimum absolute atomic E-state index is 0.145. The summed E-state index contributed by atoms with van der Waals surface area (Å²) in [6.07, 6.45) is 2.47. The number of rotatable bonds is 2. The zero-order chi connectivity index (χ0) is 12.3. The third kappa shape index (κ3) is 2.54. The van der Waals surface area contributed by atoms with Gasteiger partial charge in [-0.15, -0.1) is 0 Å². The molecule has 0 heterocycles. The number of nitrogens with zero attached hydrogens (tertiary/aromatic N) is 1. The average Bonchev–Trinajstić information content (AvgIpc) is 2.38. The molecule has 1 aromatic rings. The minimum atomic E-state index is -0.768. The van der Waals surface area contributed by atoms with Crippen LogP contribution in [0.2, 0.25) is 0 Å². The highest BCUT2D eigenvalue weighted by atomic mass is 16.3. The number of benzene rings is 1. The molecular formula is C14H15NO2. The Morgan fingerprint density at radius 2 is 2.24 bits per heavy atom. The van der Waals surface area contributed by atoms with Crippen LogP contribution < -0.4 is 0 Å². The highest BCUT2D eigenvalue weighted by Gasteiger charge is 2.29. The standard InChI is InChI=1S/C14H15NO2/c15-9-10-4-3-5-11(8-10)14(17)12-6-1-2-7-13(12)16/h3-5,8,12,14,17H,1-2,6-7H2/t12-,14+/m0/s1.